The summed E-state index contributed by atoms with van der Waals surface area (Å²) in [5, 5.41) is 18.5. The molecule has 0 aliphatic heterocycles. The number of hydrogen-bond donors (Lipinski definition) is 2. The van der Waals surface area contributed by atoms with E-state index in [-0.39, 0.29) is 17.4 Å². The first kappa shape index (κ1) is 18.4. The molecule has 0 unspecified atom stereocenters. The van der Waals surface area contributed by atoms with Crippen LogP contribution in [0.1, 0.15) is 49.1 Å². The maximum absolute atomic E-state index is 12.8. The molecule has 9 nitrogen and oxygen atoms in total. The van der Waals surface area contributed by atoms with Crippen LogP contribution in [0.2, 0.25) is 0 Å². The van der Waals surface area contributed by atoms with Crippen LogP contribution >= 0.6 is 0 Å². The van der Waals surface area contributed by atoms with E-state index in [9.17, 15) is 19.5 Å². The minimum absolute atomic E-state index is 0.188. The Morgan fingerprint density at radius 1 is 1.21 bits per heavy atom. The number of aryl methyl sites for hydroxylation is 2. The van der Waals surface area contributed by atoms with E-state index in [1.165, 1.54) is 4.68 Å². The second-order valence-corrected chi connectivity index (χ2v) is 7.56. The zero-order valence-electron chi connectivity index (χ0n) is 15.7. The summed E-state index contributed by atoms with van der Waals surface area (Å²) < 4.78 is 1.39. The Kier molecular flexibility index (Phi) is 4.74. The van der Waals surface area contributed by atoms with Gasteiger partial charge >= 0.3 is 0 Å². The first-order valence-corrected chi connectivity index (χ1v) is 9.65. The van der Waals surface area contributed by atoms with Crippen LogP contribution < -0.4 is 16.0 Å². The number of carbonyl (C=O) groups is 2. The summed E-state index contributed by atoms with van der Waals surface area (Å²) in [5.74, 6) is -2.40. The molecule has 0 spiro atoms. The highest BCUT2D eigenvalue weighted by Gasteiger charge is 2.32. The zero-order chi connectivity index (χ0) is 19.8. The van der Waals surface area contributed by atoms with Crippen LogP contribution in [0, 0.1) is 18.8 Å². The minimum atomic E-state index is -1.19. The topological polar surface area (TPSA) is 133 Å². The summed E-state index contributed by atoms with van der Waals surface area (Å²) in [6.45, 7) is 1.77. The lowest BCUT2D eigenvalue weighted by molar-refractivity contribution is -0.313. The van der Waals surface area contributed by atoms with Crippen molar-refractivity contribution in [1.29, 1.82) is 0 Å². The number of carbonyl (C=O) groups excluding carboxylic acids is 2. The molecule has 4 rings (SSSR count). The van der Waals surface area contributed by atoms with Gasteiger partial charge in [-0.1, -0.05) is 12.8 Å². The van der Waals surface area contributed by atoms with E-state index >= 15 is 0 Å². The van der Waals surface area contributed by atoms with Crippen molar-refractivity contribution in [2.24, 2.45) is 11.8 Å². The summed E-state index contributed by atoms with van der Waals surface area (Å²) in [6, 6.07) is 1.67. The molecule has 0 aromatic carbocycles. The standard InChI is InChI=1S/C19H23N5O4/c1-10-9-15(21-16(25)11-5-2-3-6-12(11)18(27)28)24(23-10)19-20-14-8-4-7-13(14)17(26)22-19/h9,11-12H,2-8H2,1H3,(H,21,25)(H,27,28)(H,20,22,26)/p-1/t11-,12+/m1/s1. The van der Waals surface area contributed by atoms with Gasteiger partial charge < -0.3 is 15.2 Å². The summed E-state index contributed by atoms with van der Waals surface area (Å²) in [5.41, 5.74) is 1.91. The van der Waals surface area contributed by atoms with Gasteiger partial charge in [0.1, 0.15) is 5.82 Å². The van der Waals surface area contributed by atoms with Crippen LogP contribution in [-0.2, 0) is 22.4 Å². The largest absolute Gasteiger partial charge is 0.550 e. The van der Waals surface area contributed by atoms with Crippen molar-refractivity contribution in [3.63, 3.8) is 0 Å². The zero-order valence-corrected chi connectivity index (χ0v) is 15.7. The minimum Gasteiger partial charge on any atom is -0.550 e. The number of H-pyrrole nitrogens is 1. The number of aromatic amines is 1. The van der Waals surface area contributed by atoms with Crippen molar-refractivity contribution in [3.05, 3.63) is 33.4 Å². The van der Waals surface area contributed by atoms with Gasteiger partial charge in [-0.3, -0.25) is 14.6 Å². The molecule has 2 atom stereocenters. The van der Waals surface area contributed by atoms with Gasteiger partial charge in [-0.05, 0) is 39.0 Å². The van der Waals surface area contributed by atoms with Gasteiger partial charge in [-0.15, -0.1) is 0 Å². The Morgan fingerprint density at radius 3 is 2.71 bits per heavy atom. The third kappa shape index (κ3) is 3.32. The van der Waals surface area contributed by atoms with E-state index in [2.05, 4.69) is 20.4 Å². The number of nitrogens with zero attached hydrogens (tertiary/aromatic N) is 3. The summed E-state index contributed by atoms with van der Waals surface area (Å²) in [4.78, 5) is 43.8. The Bertz CT molecular complexity index is 993. The predicted molar refractivity (Wildman–Crippen MR) is 97.8 cm³/mol. The first-order valence-electron chi connectivity index (χ1n) is 9.65. The smallest absolute Gasteiger partial charge is 0.255 e. The van der Waals surface area contributed by atoms with Gasteiger partial charge in [0.05, 0.1) is 11.4 Å². The number of carboxylic acid groups (broad SMARTS) is 1. The maximum Gasteiger partial charge on any atom is 0.255 e. The molecule has 2 aromatic rings. The molecule has 9 heteroatoms. The van der Waals surface area contributed by atoms with Crippen molar-refractivity contribution >= 4 is 17.7 Å². The summed E-state index contributed by atoms with van der Waals surface area (Å²) in [7, 11) is 0. The highest BCUT2D eigenvalue weighted by Crippen LogP contribution is 2.31. The summed E-state index contributed by atoms with van der Waals surface area (Å²) in [6.07, 6.45) is 4.88. The molecule has 2 aliphatic rings. The second kappa shape index (κ2) is 7.21. The van der Waals surface area contributed by atoms with E-state index in [1.54, 1.807) is 13.0 Å². The molecule has 1 fully saturated rings. The molecular weight excluding hydrogens is 362 g/mol. The quantitative estimate of drug-likeness (QED) is 0.776. The third-order valence-corrected chi connectivity index (χ3v) is 5.62. The molecular formula is C19H22N5O4-. The Hall–Kier alpha value is -2.97. The molecule has 2 N–H and O–H groups in total. The molecule has 148 valence electrons. The van der Waals surface area contributed by atoms with Gasteiger partial charge in [-0.25, -0.2) is 4.98 Å². The monoisotopic (exact) mass is 384 g/mol. The van der Waals surface area contributed by atoms with E-state index in [0.29, 0.717) is 36.3 Å². The highest BCUT2D eigenvalue weighted by atomic mass is 16.4. The lowest BCUT2D eigenvalue weighted by atomic mass is 9.79. The number of amides is 1. The molecule has 0 bridgehead atoms. The fourth-order valence-corrected chi connectivity index (χ4v) is 4.22. The van der Waals surface area contributed by atoms with Crippen molar-refractivity contribution < 1.29 is 14.7 Å². The van der Waals surface area contributed by atoms with E-state index in [1.807, 2.05) is 0 Å². The van der Waals surface area contributed by atoms with Crippen molar-refractivity contribution in [2.75, 3.05) is 5.32 Å². The molecule has 28 heavy (non-hydrogen) atoms. The van der Waals surface area contributed by atoms with Crippen molar-refractivity contribution in [1.82, 2.24) is 19.7 Å². The van der Waals surface area contributed by atoms with Gasteiger partial charge in [0, 0.05) is 29.4 Å². The normalized spacial score (nSPS) is 21.3. The number of fused-ring (bicyclic) bond motifs is 1. The van der Waals surface area contributed by atoms with Gasteiger partial charge in [-0.2, -0.15) is 9.78 Å². The van der Waals surface area contributed by atoms with E-state index in [0.717, 1.165) is 31.4 Å². The van der Waals surface area contributed by atoms with Crippen LogP contribution in [0.4, 0.5) is 5.82 Å². The van der Waals surface area contributed by atoms with Gasteiger partial charge in [0.2, 0.25) is 11.9 Å². The first-order chi connectivity index (χ1) is 13.4. The number of carboxylic acids is 1. The Balaban J connectivity index is 1.64. The average molecular weight is 384 g/mol. The van der Waals surface area contributed by atoms with Crippen LogP contribution in [-0.4, -0.2) is 31.6 Å². The maximum atomic E-state index is 12.8. The number of rotatable bonds is 4. The van der Waals surface area contributed by atoms with Crippen LogP contribution in [0.3, 0.4) is 0 Å². The molecule has 2 aromatic heterocycles. The fraction of sp³-hybridized carbons (Fsp3) is 0.526. The lowest BCUT2D eigenvalue weighted by Gasteiger charge is -2.31. The van der Waals surface area contributed by atoms with Crippen LogP contribution in [0.25, 0.3) is 5.95 Å². The van der Waals surface area contributed by atoms with Crippen LogP contribution in [0.15, 0.2) is 10.9 Å². The molecule has 1 saturated carbocycles. The highest BCUT2D eigenvalue weighted by molar-refractivity contribution is 5.94. The van der Waals surface area contributed by atoms with Crippen molar-refractivity contribution in [3.8, 4) is 5.95 Å². The molecule has 0 saturated heterocycles. The summed E-state index contributed by atoms with van der Waals surface area (Å²) >= 11 is 0. The van der Waals surface area contributed by atoms with Crippen molar-refractivity contribution in [2.45, 2.75) is 51.9 Å². The van der Waals surface area contributed by atoms with E-state index in [4.69, 9.17) is 0 Å². The fourth-order valence-electron chi connectivity index (χ4n) is 4.22. The lowest BCUT2D eigenvalue weighted by Crippen LogP contribution is -2.42. The third-order valence-electron chi connectivity index (χ3n) is 5.62. The van der Waals surface area contributed by atoms with Gasteiger partial charge in [0.15, 0.2) is 0 Å². The Morgan fingerprint density at radius 2 is 1.96 bits per heavy atom. The second-order valence-electron chi connectivity index (χ2n) is 7.56. The molecule has 2 aliphatic carbocycles. The van der Waals surface area contributed by atoms with E-state index < -0.39 is 17.8 Å². The number of anilines is 1. The number of nitrogens with one attached hydrogen (secondary N) is 2. The number of hydrogen-bond acceptors (Lipinski definition) is 6. The van der Waals surface area contributed by atoms with Crippen LogP contribution in [0.5, 0.6) is 0 Å². The average Bonchev–Trinajstić information content (AvgIpc) is 3.28. The molecule has 2 heterocycles. The predicted octanol–water partition coefficient (Wildman–Crippen LogP) is 0.248. The number of aromatic nitrogens is 4. The van der Waals surface area contributed by atoms with Gasteiger partial charge in [0.25, 0.3) is 5.56 Å². The molecule has 1 amide bonds. The number of aliphatic carboxylic acids is 1. The molecule has 0 radical (unpaired) electrons. The SMILES string of the molecule is Cc1cc(NC(=O)[C@@H]2CCCC[C@@H]2C(=O)[O-])n(-c2nc3c(c(=O)[nH]2)CCC3)n1. The Labute approximate surface area is 161 Å².